The summed E-state index contributed by atoms with van der Waals surface area (Å²) in [5.74, 6) is 0.365. The number of carbonyl (C=O) groups excluding carboxylic acids is 1. The number of nitriles is 1. The third-order valence-electron chi connectivity index (χ3n) is 6.31. The summed E-state index contributed by atoms with van der Waals surface area (Å²) >= 11 is 0. The van der Waals surface area contributed by atoms with Gasteiger partial charge in [0.25, 0.3) is 5.91 Å². The first-order chi connectivity index (χ1) is 14.1. The zero-order valence-corrected chi connectivity index (χ0v) is 16.1. The highest BCUT2D eigenvalue weighted by Gasteiger charge is 2.53. The van der Waals surface area contributed by atoms with Gasteiger partial charge in [0.05, 0.1) is 17.7 Å². The van der Waals surface area contributed by atoms with E-state index >= 15 is 0 Å². The number of benzene rings is 1. The summed E-state index contributed by atoms with van der Waals surface area (Å²) in [5.41, 5.74) is 1.21. The van der Waals surface area contributed by atoms with Crippen molar-refractivity contribution < 1.29 is 9.53 Å². The van der Waals surface area contributed by atoms with Gasteiger partial charge < -0.3 is 10.1 Å². The molecule has 0 aliphatic heterocycles. The molecule has 1 aromatic carbocycles. The molecule has 2 aliphatic rings. The van der Waals surface area contributed by atoms with Crippen LogP contribution < -0.4 is 5.32 Å². The highest BCUT2D eigenvalue weighted by atomic mass is 16.5. The maximum atomic E-state index is 13.1. The maximum absolute atomic E-state index is 13.1. The average Bonchev–Trinajstić information content (AvgIpc) is 3.22. The smallest absolute Gasteiger partial charge is 0.270 e. The average molecular weight is 387 g/mol. The number of carbonyl (C=O) groups is 1. The van der Waals surface area contributed by atoms with Crippen molar-refractivity contribution in [3.05, 3.63) is 54.2 Å². The van der Waals surface area contributed by atoms with E-state index in [2.05, 4.69) is 21.4 Å². The van der Waals surface area contributed by atoms with Crippen LogP contribution in [0.1, 0.15) is 41.7 Å². The molecule has 2 saturated carbocycles. The van der Waals surface area contributed by atoms with Gasteiger partial charge in [-0.25, -0.2) is 9.97 Å². The molecule has 7 nitrogen and oxygen atoms in total. The van der Waals surface area contributed by atoms with E-state index in [1.165, 1.54) is 0 Å². The molecule has 2 fully saturated rings. The predicted molar refractivity (Wildman–Crippen MR) is 107 cm³/mol. The Hall–Kier alpha value is -3.24. The molecule has 2 aromatic heterocycles. The Labute approximate surface area is 168 Å². The van der Waals surface area contributed by atoms with Crippen LogP contribution in [0.5, 0.6) is 0 Å². The van der Waals surface area contributed by atoms with Crippen LogP contribution in [-0.2, 0) is 4.74 Å². The Kier molecular flexibility index (Phi) is 4.10. The number of imidazole rings is 1. The molecule has 2 aliphatic carbocycles. The standard InChI is InChI=1S/C22H21N5O2/c1-29-16-10-22(11-16)8-15(9-22)25-21(28)20-17-4-2-3-14(12-23)18(17)7-19(26-20)27-6-5-24-13-27/h2-7,13,15-16H,8-11H2,1H3,(H,25,28). The lowest BCUT2D eigenvalue weighted by molar-refractivity contribution is -0.112. The van der Waals surface area contributed by atoms with Crippen LogP contribution in [0.2, 0.25) is 0 Å². The first kappa shape index (κ1) is 17.8. The zero-order chi connectivity index (χ0) is 20.0. The van der Waals surface area contributed by atoms with Crippen LogP contribution in [0, 0.1) is 16.7 Å². The minimum atomic E-state index is -0.200. The second-order valence-corrected chi connectivity index (χ2v) is 8.16. The molecule has 1 spiro atoms. The first-order valence-corrected chi connectivity index (χ1v) is 9.77. The quantitative estimate of drug-likeness (QED) is 0.743. The van der Waals surface area contributed by atoms with E-state index in [9.17, 15) is 10.1 Å². The first-order valence-electron chi connectivity index (χ1n) is 9.77. The lowest BCUT2D eigenvalue weighted by Gasteiger charge is -2.57. The van der Waals surface area contributed by atoms with Gasteiger partial charge in [-0.3, -0.25) is 9.36 Å². The SMILES string of the molecule is COC1CC2(CC(NC(=O)c3nc(-n4ccnc4)cc4c(C#N)cccc34)C2)C1. The fraction of sp³-hybridized carbons (Fsp3) is 0.364. The van der Waals surface area contributed by atoms with Crippen LogP contribution >= 0.6 is 0 Å². The molecule has 146 valence electrons. The minimum absolute atomic E-state index is 0.160. The molecule has 0 bridgehead atoms. The minimum Gasteiger partial charge on any atom is -0.381 e. The Morgan fingerprint density at radius 2 is 2.14 bits per heavy atom. The highest BCUT2D eigenvalue weighted by molar-refractivity contribution is 6.07. The van der Waals surface area contributed by atoms with Crippen molar-refractivity contribution in [1.82, 2.24) is 19.9 Å². The van der Waals surface area contributed by atoms with E-state index < -0.39 is 0 Å². The summed E-state index contributed by atoms with van der Waals surface area (Å²) in [4.78, 5) is 21.8. The van der Waals surface area contributed by atoms with Crippen molar-refractivity contribution >= 4 is 16.7 Å². The fourth-order valence-electron chi connectivity index (χ4n) is 4.81. The van der Waals surface area contributed by atoms with Crippen molar-refractivity contribution in [2.45, 2.75) is 37.8 Å². The largest absolute Gasteiger partial charge is 0.381 e. The van der Waals surface area contributed by atoms with Crippen LogP contribution in [0.3, 0.4) is 0 Å². The Balaban J connectivity index is 1.44. The molecule has 5 rings (SSSR count). The van der Waals surface area contributed by atoms with E-state index in [0.717, 1.165) is 25.7 Å². The van der Waals surface area contributed by atoms with Gasteiger partial charge in [0.15, 0.2) is 0 Å². The number of amides is 1. The molecular formula is C22H21N5O2. The van der Waals surface area contributed by atoms with Gasteiger partial charge in [-0.15, -0.1) is 0 Å². The monoisotopic (exact) mass is 387 g/mol. The summed E-state index contributed by atoms with van der Waals surface area (Å²) < 4.78 is 7.13. The molecule has 3 aromatic rings. The number of methoxy groups -OCH3 is 1. The van der Waals surface area contributed by atoms with Crippen LogP contribution in [0.25, 0.3) is 16.6 Å². The number of hydrogen-bond donors (Lipinski definition) is 1. The molecule has 0 atom stereocenters. The van der Waals surface area contributed by atoms with Gasteiger partial charge in [0, 0.05) is 36.3 Å². The molecule has 0 radical (unpaired) electrons. The third-order valence-corrected chi connectivity index (χ3v) is 6.31. The van der Waals surface area contributed by atoms with Gasteiger partial charge in [-0.2, -0.15) is 5.26 Å². The van der Waals surface area contributed by atoms with Crippen molar-refractivity contribution in [3.63, 3.8) is 0 Å². The van der Waals surface area contributed by atoms with Crippen LogP contribution in [0.4, 0.5) is 0 Å². The summed E-state index contributed by atoms with van der Waals surface area (Å²) in [7, 11) is 1.76. The van der Waals surface area contributed by atoms with Crippen molar-refractivity contribution in [3.8, 4) is 11.9 Å². The molecule has 2 heterocycles. The second-order valence-electron chi connectivity index (χ2n) is 8.16. The van der Waals surface area contributed by atoms with Gasteiger partial charge in [-0.05, 0) is 43.2 Å². The number of aromatic nitrogens is 3. The second kappa shape index (κ2) is 6.68. The van der Waals surface area contributed by atoms with Gasteiger partial charge in [0.2, 0.25) is 0 Å². The van der Waals surface area contributed by atoms with Crippen LogP contribution in [-0.4, -0.2) is 39.7 Å². The van der Waals surface area contributed by atoms with E-state index in [1.807, 2.05) is 12.1 Å². The van der Waals surface area contributed by atoms with Gasteiger partial charge in [0.1, 0.15) is 17.8 Å². The summed E-state index contributed by atoms with van der Waals surface area (Å²) in [5, 5.41) is 14.0. The van der Waals surface area contributed by atoms with E-state index in [1.54, 1.807) is 42.5 Å². The maximum Gasteiger partial charge on any atom is 0.270 e. The van der Waals surface area contributed by atoms with Gasteiger partial charge in [-0.1, -0.05) is 12.1 Å². The Morgan fingerprint density at radius 1 is 1.31 bits per heavy atom. The highest BCUT2D eigenvalue weighted by Crippen LogP contribution is 2.56. The predicted octanol–water partition coefficient (Wildman–Crippen LogP) is 2.98. The topological polar surface area (TPSA) is 92.8 Å². The zero-order valence-electron chi connectivity index (χ0n) is 16.1. The molecule has 0 unspecified atom stereocenters. The van der Waals surface area contributed by atoms with Crippen molar-refractivity contribution in [1.29, 1.82) is 5.26 Å². The number of fused-ring (bicyclic) bond motifs is 1. The number of ether oxygens (including phenoxy) is 1. The van der Waals surface area contributed by atoms with Gasteiger partial charge >= 0.3 is 0 Å². The van der Waals surface area contributed by atoms with Crippen molar-refractivity contribution in [2.24, 2.45) is 5.41 Å². The Bertz CT molecular complexity index is 1120. The molecular weight excluding hydrogens is 366 g/mol. The number of rotatable bonds is 4. The summed E-state index contributed by atoms with van der Waals surface area (Å²) in [6.45, 7) is 0. The van der Waals surface area contributed by atoms with E-state index in [-0.39, 0.29) is 11.9 Å². The summed E-state index contributed by atoms with van der Waals surface area (Å²) in [6, 6.07) is 9.57. The summed E-state index contributed by atoms with van der Waals surface area (Å²) in [6.07, 6.45) is 9.56. The molecule has 1 N–H and O–H groups in total. The lowest BCUT2D eigenvalue weighted by Crippen LogP contribution is -2.58. The number of nitrogens with zero attached hydrogens (tertiary/aromatic N) is 4. The number of nitrogens with one attached hydrogen (secondary N) is 1. The molecule has 1 amide bonds. The van der Waals surface area contributed by atoms with E-state index in [4.69, 9.17) is 4.74 Å². The molecule has 7 heteroatoms. The fourth-order valence-corrected chi connectivity index (χ4v) is 4.81. The lowest BCUT2D eigenvalue weighted by atomic mass is 9.53. The molecule has 0 saturated heterocycles. The van der Waals surface area contributed by atoms with Crippen LogP contribution in [0.15, 0.2) is 43.0 Å². The third kappa shape index (κ3) is 2.97. The van der Waals surface area contributed by atoms with E-state index in [0.29, 0.717) is 39.4 Å². The number of pyridine rings is 1. The molecule has 29 heavy (non-hydrogen) atoms. The Morgan fingerprint density at radius 3 is 2.83 bits per heavy atom. The van der Waals surface area contributed by atoms with Crippen molar-refractivity contribution in [2.75, 3.05) is 7.11 Å². The number of hydrogen-bond acceptors (Lipinski definition) is 5. The normalized spacial score (nSPS) is 25.2.